The van der Waals surface area contributed by atoms with Gasteiger partial charge in [-0.25, -0.2) is 4.98 Å². The fourth-order valence-corrected chi connectivity index (χ4v) is 2.29. The van der Waals surface area contributed by atoms with E-state index in [1.807, 2.05) is 36.5 Å². The second-order valence-electron chi connectivity index (χ2n) is 4.84. The lowest BCUT2D eigenvalue weighted by molar-refractivity contribution is 0.469. The number of aromatic hydroxyl groups is 1. The largest absolute Gasteiger partial charge is 0.508 e. The van der Waals surface area contributed by atoms with Gasteiger partial charge in [0, 0.05) is 25.2 Å². The molecule has 0 unspecified atom stereocenters. The normalized spacial score (nSPS) is 10.6. The highest BCUT2D eigenvalue weighted by atomic mass is 16.3. The second kappa shape index (κ2) is 5.61. The smallest absolute Gasteiger partial charge is 0.119 e. The lowest BCUT2D eigenvalue weighted by Gasteiger charge is -2.07. The first-order valence-corrected chi connectivity index (χ1v) is 6.64. The number of hydrogen-bond donors (Lipinski definition) is 2. The molecule has 2 N–H and O–H groups in total. The highest BCUT2D eigenvalue weighted by Crippen LogP contribution is 2.22. The fourth-order valence-electron chi connectivity index (χ4n) is 2.29. The summed E-state index contributed by atoms with van der Waals surface area (Å²) in [5, 5.41) is 10.00. The Balaban J connectivity index is 1.83. The quantitative estimate of drug-likeness (QED) is 0.759. The summed E-state index contributed by atoms with van der Waals surface area (Å²) in [6, 6.07) is 15.9. The summed E-state index contributed by atoms with van der Waals surface area (Å²) >= 11 is 0. The minimum Gasteiger partial charge on any atom is -0.508 e. The van der Waals surface area contributed by atoms with E-state index in [4.69, 9.17) is 0 Å². The fraction of sp³-hybridized carbons (Fsp3) is 0.118. The van der Waals surface area contributed by atoms with Crippen molar-refractivity contribution in [3.05, 3.63) is 83.4 Å². The highest BCUT2D eigenvalue weighted by molar-refractivity contribution is 5.40. The molecule has 0 spiro atoms. The number of rotatable bonds is 4. The number of phenols is 1. The predicted molar refractivity (Wildman–Crippen MR) is 78.7 cm³/mol. The summed E-state index contributed by atoms with van der Waals surface area (Å²) in [5.74, 6) is 1.28. The van der Waals surface area contributed by atoms with Crippen LogP contribution < -0.4 is 0 Å². The SMILES string of the molecule is Oc1ccc(Cc2ncc[nH]2)cc1Cc1ccccc1. The van der Waals surface area contributed by atoms with Crippen LogP contribution in [0.15, 0.2) is 60.9 Å². The Morgan fingerprint density at radius 3 is 2.55 bits per heavy atom. The summed E-state index contributed by atoms with van der Waals surface area (Å²) in [4.78, 5) is 7.33. The lowest BCUT2D eigenvalue weighted by atomic mass is 10.0. The Morgan fingerprint density at radius 2 is 1.80 bits per heavy atom. The Hall–Kier alpha value is -2.55. The van der Waals surface area contributed by atoms with Gasteiger partial charge < -0.3 is 10.1 Å². The van der Waals surface area contributed by atoms with Gasteiger partial charge in [-0.3, -0.25) is 0 Å². The molecule has 0 fully saturated rings. The molecule has 20 heavy (non-hydrogen) atoms. The summed E-state index contributed by atoms with van der Waals surface area (Å²) in [6.07, 6.45) is 5.05. The zero-order chi connectivity index (χ0) is 13.8. The van der Waals surface area contributed by atoms with Gasteiger partial charge >= 0.3 is 0 Å². The summed E-state index contributed by atoms with van der Waals surface area (Å²) < 4.78 is 0. The van der Waals surface area contributed by atoms with Crippen molar-refractivity contribution in [1.82, 2.24) is 9.97 Å². The average molecular weight is 264 g/mol. The molecule has 3 aromatic rings. The van der Waals surface area contributed by atoms with Crippen LogP contribution in [0.5, 0.6) is 5.75 Å². The van der Waals surface area contributed by atoms with Gasteiger partial charge in [0.2, 0.25) is 0 Å². The van der Waals surface area contributed by atoms with Crippen LogP contribution in [0, 0.1) is 0 Å². The minimum atomic E-state index is 0.344. The molecule has 0 aliphatic heterocycles. The Morgan fingerprint density at radius 1 is 0.950 bits per heavy atom. The number of nitrogens with zero attached hydrogens (tertiary/aromatic N) is 1. The third-order valence-electron chi connectivity index (χ3n) is 3.31. The van der Waals surface area contributed by atoms with Crippen LogP contribution in [0.1, 0.15) is 22.5 Å². The predicted octanol–water partition coefficient (Wildman–Crippen LogP) is 3.30. The molecule has 0 atom stereocenters. The number of hydrogen-bond acceptors (Lipinski definition) is 2. The third-order valence-corrected chi connectivity index (χ3v) is 3.31. The molecule has 2 aromatic carbocycles. The van der Waals surface area contributed by atoms with Crippen molar-refractivity contribution in [1.29, 1.82) is 0 Å². The van der Waals surface area contributed by atoms with Gasteiger partial charge in [-0.15, -0.1) is 0 Å². The van der Waals surface area contributed by atoms with Crippen molar-refractivity contribution < 1.29 is 5.11 Å². The molecule has 100 valence electrons. The molecule has 0 saturated carbocycles. The van der Waals surface area contributed by atoms with Crippen molar-refractivity contribution >= 4 is 0 Å². The van der Waals surface area contributed by atoms with Crippen LogP contribution in [-0.2, 0) is 12.8 Å². The first-order valence-electron chi connectivity index (χ1n) is 6.64. The Bertz CT molecular complexity index is 675. The standard InChI is InChI=1S/C17H16N2O/c20-16-7-6-14(12-17-18-8-9-19-17)11-15(16)10-13-4-2-1-3-5-13/h1-9,11,20H,10,12H2,(H,18,19). The van der Waals surface area contributed by atoms with Crippen molar-refractivity contribution in [3.8, 4) is 5.75 Å². The van der Waals surface area contributed by atoms with Gasteiger partial charge in [0.15, 0.2) is 0 Å². The lowest BCUT2D eigenvalue weighted by Crippen LogP contribution is -1.94. The van der Waals surface area contributed by atoms with E-state index in [1.165, 1.54) is 5.56 Å². The number of aromatic nitrogens is 2. The molecular weight excluding hydrogens is 248 g/mol. The maximum Gasteiger partial charge on any atom is 0.119 e. The van der Waals surface area contributed by atoms with Crippen LogP contribution in [0.3, 0.4) is 0 Å². The monoisotopic (exact) mass is 264 g/mol. The maximum absolute atomic E-state index is 10.00. The van der Waals surface area contributed by atoms with Gasteiger partial charge in [0.25, 0.3) is 0 Å². The first-order chi connectivity index (χ1) is 9.81. The second-order valence-corrected chi connectivity index (χ2v) is 4.84. The molecule has 0 saturated heterocycles. The van der Waals surface area contributed by atoms with E-state index in [0.717, 1.165) is 29.8 Å². The molecule has 1 aromatic heterocycles. The number of imidazole rings is 1. The molecule has 3 heteroatoms. The zero-order valence-electron chi connectivity index (χ0n) is 11.1. The van der Waals surface area contributed by atoms with E-state index in [2.05, 4.69) is 22.1 Å². The number of nitrogens with one attached hydrogen (secondary N) is 1. The minimum absolute atomic E-state index is 0.344. The molecule has 1 heterocycles. The van der Waals surface area contributed by atoms with E-state index in [0.29, 0.717) is 5.75 Å². The van der Waals surface area contributed by atoms with Crippen LogP contribution >= 0.6 is 0 Å². The number of benzene rings is 2. The zero-order valence-corrected chi connectivity index (χ0v) is 11.1. The first kappa shape index (κ1) is 12.5. The molecule has 0 aliphatic rings. The van der Waals surface area contributed by atoms with E-state index in [9.17, 15) is 5.11 Å². The molecule has 0 radical (unpaired) electrons. The van der Waals surface area contributed by atoms with Gasteiger partial charge in [0.05, 0.1) is 0 Å². The third kappa shape index (κ3) is 2.88. The topological polar surface area (TPSA) is 48.9 Å². The molecule has 3 nitrogen and oxygen atoms in total. The van der Waals surface area contributed by atoms with E-state index in [1.54, 1.807) is 12.3 Å². The van der Waals surface area contributed by atoms with Gasteiger partial charge in [-0.2, -0.15) is 0 Å². The molecule has 3 rings (SSSR count). The number of phenolic OH excluding ortho intramolecular Hbond substituents is 1. The van der Waals surface area contributed by atoms with Gasteiger partial charge in [-0.05, 0) is 22.8 Å². The molecule has 0 bridgehead atoms. The van der Waals surface area contributed by atoms with Crippen LogP contribution in [0.4, 0.5) is 0 Å². The molecular formula is C17H16N2O. The van der Waals surface area contributed by atoms with Crippen molar-refractivity contribution in [2.24, 2.45) is 0 Å². The highest BCUT2D eigenvalue weighted by Gasteiger charge is 2.05. The molecule has 0 amide bonds. The van der Waals surface area contributed by atoms with E-state index in [-0.39, 0.29) is 0 Å². The Labute approximate surface area is 117 Å². The van der Waals surface area contributed by atoms with Crippen molar-refractivity contribution in [2.75, 3.05) is 0 Å². The van der Waals surface area contributed by atoms with Crippen molar-refractivity contribution in [3.63, 3.8) is 0 Å². The van der Waals surface area contributed by atoms with E-state index >= 15 is 0 Å². The van der Waals surface area contributed by atoms with Gasteiger partial charge in [0.1, 0.15) is 11.6 Å². The van der Waals surface area contributed by atoms with E-state index < -0.39 is 0 Å². The van der Waals surface area contributed by atoms with Crippen LogP contribution in [0.2, 0.25) is 0 Å². The van der Waals surface area contributed by atoms with Crippen LogP contribution in [-0.4, -0.2) is 15.1 Å². The van der Waals surface area contributed by atoms with Gasteiger partial charge in [-0.1, -0.05) is 42.5 Å². The average Bonchev–Trinajstić information content (AvgIpc) is 2.97. The Kier molecular flexibility index (Phi) is 3.50. The van der Waals surface area contributed by atoms with Crippen molar-refractivity contribution in [2.45, 2.75) is 12.8 Å². The number of H-pyrrole nitrogens is 1. The summed E-state index contributed by atoms with van der Waals surface area (Å²) in [7, 11) is 0. The number of aromatic amines is 1. The summed E-state index contributed by atoms with van der Waals surface area (Å²) in [5.41, 5.74) is 3.28. The summed E-state index contributed by atoms with van der Waals surface area (Å²) in [6.45, 7) is 0. The van der Waals surface area contributed by atoms with Crippen LogP contribution in [0.25, 0.3) is 0 Å². The maximum atomic E-state index is 10.00. The molecule has 0 aliphatic carbocycles.